The van der Waals surface area contributed by atoms with Crippen LogP contribution in [0.15, 0.2) is 54.6 Å². The number of carbonyl (C=O) groups excluding carboxylic acids is 3. The number of aromatic nitrogens is 1. The zero-order valence-corrected chi connectivity index (χ0v) is 20.9. The van der Waals surface area contributed by atoms with E-state index < -0.39 is 17.6 Å². The number of ketones is 1. The Balaban J connectivity index is 1.81. The Hall–Kier alpha value is -4.79. The first-order valence-corrected chi connectivity index (χ1v) is 11.4. The zero-order chi connectivity index (χ0) is 26.4. The smallest absolute Gasteiger partial charge is 0.266 e. The predicted molar refractivity (Wildman–Crippen MR) is 137 cm³/mol. The lowest BCUT2D eigenvalue weighted by Gasteiger charge is -2.18. The summed E-state index contributed by atoms with van der Waals surface area (Å²) in [5.41, 5.74) is 1.65. The normalized spacial score (nSPS) is 12.6. The van der Waals surface area contributed by atoms with Gasteiger partial charge in [-0.15, -0.1) is 0 Å². The molecular weight excluding hydrogens is 476 g/mol. The number of rotatable bonds is 7. The van der Waals surface area contributed by atoms with Crippen LogP contribution in [-0.4, -0.2) is 50.6 Å². The molecule has 9 heteroatoms. The van der Waals surface area contributed by atoms with Gasteiger partial charge in [0.15, 0.2) is 11.5 Å². The SMILES string of the molecule is COc1cc(C(=O)c2c(N3C(=O)c4ccccc4C3=O)c3c(OC)cccc3n2C)cc(OC)c1OC. The molecule has 0 fully saturated rings. The fourth-order valence-electron chi connectivity index (χ4n) is 4.82. The van der Waals surface area contributed by atoms with Crippen molar-refractivity contribution in [2.75, 3.05) is 33.3 Å². The molecule has 2 heterocycles. The van der Waals surface area contributed by atoms with Crippen molar-refractivity contribution < 1.29 is 33.3 Å². The molecule has 37 heavy (non-hydrogen) atoms. The first kappa shape index (κ1) is 23.9. The Labute approximate surface area is 212 Å². The number of methoxy groups -OCH3 is 4. The summed E-state index contributed by atoms with van der Waals surface area (Å²) in [5.74, 6) is -0.139. The van der Waals surface area contributed by atoms with E-state index in [1.807, 2.05) is 0 Å². The van der Waals surface area contributed by atoms with Crippen molar-refractivity contribution in [3.63, 3.8) is 0 Å². The van der Waals surface area contributed by atoms with Gasteiger partial charge in [-0.05, 0) is 36.4 Å². The molecule has 5 rings (SSSR count). The van der Waals surface area contributed by atoms with E-state index in [4.69, 9.17) is 18.9 Å². The highest BCUT2D eigenvalue weighted by Crippen LogP contribution is 2.44. The van der Waals surface area contributed by atoms with Gasteiger partial charge in [-0.3, -0.25) is 14.4 Å². The van der Waals surface area contributed by atoms with Crippen LogP contribution < -0.4 is 23.8 Å². The van der Waals surface area contributed by atoms with Crippen molar-refractivity contribution in [2.24, 2.45) is 7.05 Å². The van der Waals surface area contributed by atoms with E-state index >= 15 is 0 Å². The molecule has 0 spiro atoms. The van der Waals surface area contributed by atoms with Gasteiger partial charge in [-0.25, -0.2) is 4.90 Å². The number of hydrogen-bond acceptors (Lipinski definition) is 7. The van der Waals surface area contributed by atoms with Crippen molar-refractivity contribution in [3.8, 4) is 23.0 Å². The monoisotopic (exact) mass is 500 g/mol. The van der Waals surface area contributed by atoms with Crippen LogP contribution in [0.4, 0.5) is 5.69 Å². The number of aryl methyl sites for hydroxylation is 1. The molecule has 0 saturated heterocycles. The topological polar surface area (TPSA) is 96.3 Å². The number of hydrogen-bond donors (Lipinski definition) is 0. The average molecular weight is 501 g/mol. The molecule has 0 aliphatic carbocycles. The van der Waals surface area contributed by atoms with Gasteiger partial charge in [0, 0.05) is 12.6 Å². The second-order valence-corrected chi connectivity index (χ2v) is 8.35. The highest BCUT2D eigenvalue weighted by molar-refractivity contribution is 6.38. The fourth-order valence-corrected chi connectivity index (χ4v) is 4.82. The molecule has 9 nitrogen and oxygen atoms in total. The van der Waals surface area contributed by atoms with Crippen LogP contribution in [0.1, 0.15) is 36.8 Å². The number of amides is 2. The van der Waals surface area contributed by atoms with Crippen molar-refractivity contribution in [1.29, 1.82) is 0 Å². The van der Waals surface area contributed by atoms with E-state index in [0.29, 0.717) is 33.9 Å². The lowest BCUT2D eigenvalue weighted by atomic mass is 10.0. The molecule has 0 unspecified atom stereocenters. The first-order valence-electron chi connectivity index (χ1n) is 11.4. The summed E-state index contributed by atoms with van der Waals surface area (Å²) in [6, 6.07) is 14.9. The Morgan fingerprint density at radius 2 is 1.30 bits per heavy atom. The standard InChI is InChI=1S/C28H24N2O7/c1-29-18-11-8-12-19(34-2)22(18)23(30-27(32)16-9-6-7-10-17(16)28(30)33)24(29)25(31)15-13-20(35-3)26(37-5)21(14-15)36-4/h6-14H,1-5H3. The van der Waals surface area contributed by atoms with Crippen LogP contribution in [0.25, 0.3) is 10.9 Å². The van der Waals surface area contributed by atoms with Gasteiger partial charge in [-0.1, -0.05) is 18.2 Å². The number of imide groups is 1. The molecule has 0 bridgehead atoms. The molecule has 0 saturated carbocycles. The van der Waals surface area contributed by atoms with Crippen molar-refractivity contribution in [2.45, 2.75) is 0 Å². The number of fused-ring (bicyclic) bond motifs is 2. The summed E-state index contributed by atoms with van der Waals surface area (Å²) in [6.07, 6.45) is 0. The molecular formula is C28H24N2O7. The number of anilines is 1. The largest absolute Gasteiger partial charge is 0.496 e. The second kappa shape index (κ2) is 9.02. The maximum absolute atomic E-state index is 14.2. The van der Waals surface area contributed by atoms with Crippen molar-refractivity contribution in [3.05, 3.63) is 77.0 Å². The van der Waals surface area contributed by atoms with E-state index in [1.165, 1.54) is 40.6 Å². The predicted octanol–water partition coefficient (Wildman–Crippen LogP) is 4.24. The van der Waals surface area contributed by atoms with Crippen LogP contribution in [0, 0.1) is 0 Å². The Morgan fingerprint density at radius 3 is 1.81 bits per heavy atom. The van der Waals surface area contributed by atoms with Crippen LogP contribution in [-0.2, 0) is 7.05 Å². The summed E-state index contributed by atoms with van der Waals surface area (Å²) >= 11 is 0. The molecule has 1 aliphatic heterocycles. The van der Waals surface area contributed by atoms with Crippen LogP contribution in [0.5, 0.6) is 23.0 Å². The van der Waals surface area contributed by atoms with Gasteiger partial charge in [0.1, 0.15) is 11.4 Å². The van der Waals surface area contributed by atoms with Gasteiger partial charge in [0.25, 0.3) is 11.8 Å². The van der Waals surface area contributed by atoms with Crippen LogP contribution >= 0.6 is 0 Å². The van der Waals surface area contributed by atoms with E-state index in [1.54, 1.807) is 54.1 Å². The average Bonchev–Trinajstić information content (AvgIpc) is 3.36. The fraction of sp³-hybridized carbons (Fsp3) is 0.179. The molecule has 3 aromatic carbocycles. The maximum atomic E-state index is 14.2. The van der Waals surface area contributed by atoms with Gasteiger partial charge < -0.3 is 23.5 Å². The summed E-state index contributed by atoms with van der Waals surface area (Å²) in [4.78, 5) is 42.3. The van der Waals surface area contributed by atoms with Gasteiger partial charge in [-0.2, -0.15) is 0 Å². The molecule has 1 aliphatic rings. The molecule has 1 aromatic heterocycles. The number of carbonyl (C=O) groups is 3. The van der Waals surface area contributed by atoms with Crippen LogP contribution in [0.2, 0.25) is 0 Å². The zero-order valence-electron chi connectivity index (χ0n) is 20.9. The van der Waals surface area contributed by atoms with Gasteiger partial charge >= 0.3 is 0 Å². The molecule has 188 valence electrons. The molecule has 2 amide bonds. The summed E-state index contributed by atoms with van der Waals surface area (Å²) in [7, 11) is 7.58. The lowest BCUT2D eigenvalue weighted by Crippen LogP contribution is -2.31. The van der Waals surface area contributed by atoms with E-state index in [9.17, 15) is 14.4 Å². The minimum absolute atomic E-state index is 0.128. The third-order valence-corrected chi connectivity index (χ3v) is 6.54. The summed E-state index contributed by atoms with van der Waals surface area (Å²) in [5, 5.41) is 0.470. The maximum Gasteiger partial charge on any atom is 0.266 e. The molecule has 0 radical (unpaired) electrons. The lowest BCUT2D eigenvalue weighted by molar-refractivity contribution is 0.0926. The van der Waals surface area contributed by atoms with E-state index in [-0.39, 0.29) is 28.1 Å². The van der Waals surface area contributed by atoms with Gasteiger partial charge in [0.05, 0.1) is 56.2 Å². The number of nitrogens with zero attached hydrogens (tertiary/aromatic N) is 2. The minimum atomic E-state index is -0.516. The first-order chi connectivity index (χ1) is 17.9. The molecule has 4 aromatic rings. The number of benzene rings is 3. The summed E-state index contributed by atoms with van der Waals surface area (Å²) in [6.45, 7) is 0. The number of ether oxygens (including phenoxy) is 4. The van der Waals surface area contributed by atoms with E-state index in [2.05, 4.69) is 0 Å². The third kappa shape index (κ3) is 3.42. The summed E-state index contributed by atoms with van der Waals surface area (Å²) < 4.78 is 23.5. The highest BCUT2D eigenvalue weighted by Gasteiger charge is 2.41. The van der Waals surface area contributed by atoms with Crippen LogP contribution in [0.3, 0.4) is 0 Å². The van der Waals surface area contributed by atoms with Crippen molar-refractivity contribution >= 4 is 34.2 Å². The second-order valence-electron chi connectivity index (χ2n) is 8.35. The molecule has 0 N–H and O–H groups in total. The quantitative estimate of drug-likeness (QED) is 0.277. The highest BCUT2D eigenvalue weighted by atomic mass is 16.5. The minimum Gasteiger partial charge on any atom is -0.496 e. The van der Waals surface area contributed by atoms with Crippen molar-refractivity contribution in [1.82, 2.24) is 4.57 Å². The Bertz CT molecular complexity index is 1540. The Kier molecular flexibility index (Phi) is 5.83. The van der Waals surface area contributed by atoms with E-state index in [0.717, 1.165) is 4.90 Å². The van der Waals surface area contributed by atoms with Gasteiger partial charge in [0.2, 0.25) is 11.5 Å². The molecule has 0 atom stereocenters. The Morgan fingerprint density at radius 1 is 0.730 bits per heavy atom. The third-order valence-electron chi connectivity index (χ3n) is 6.54.